The van der Waals surface area contributed by atoms with Crippen molar-refractivity contribution in [2.45, 2.75) is 0 Å². The SMILES string of the molecule is O=C(N/N=C/c1cccs1)C1=NNC(=O)[C@H]2C=CC=C[C@H]12. The van der Waals surface area contributed by atoms with Crippen LogP contribution in [0.3, 0.4) is 0 Å². The van der Waals surface area contributed by atoms with E-state index in [0.717, 1.165) is 4.88 Å². The zero-order valence-electron chi connectivity index (χ0n) is 10.9. The van der Waals surface area contributed by atoms with Gasteiger partial charge in [0, 0.05) is 10.8 Å². The van der Waals surface area contributed by atoms with Crippen molar-refractivity contribution in [2.75, 3.05) is 0 Å². The van der Waals surface area contributed by atoms with Crippen molar-refractivity contribution < 1.29 is 9.59 Å². The molecule has 0 aromatic carbocycles. The maximum Gasteiger partial charge on any atom is 0.288 e. The van der Waals surface area contributed by atoms with Crippen LogP contribution in [0.1, 0.15) is 4.88 Å². The van der Waals surface area contributed by atoms with Crippen LogP contribution in [0.25, 0.3) is 0 Å². The zero-order chi connectivity index (χ0) is 14.7. The first-order valence-electron chi connectivity index (χ1n) is 6.35. The molecular formula is C14H12N4O2S. The van der Waals surface area contributed by atoms with E-state index >= 15 is 0 Å². The van der Waals surface area contributed by atoms with Crippen LogP contribution in [0.15, 0.2) is 52.0 Å². The second-order valence-corrected chi connectivity index (χ2v) is 5.49. The Morgan fingerprint density at radius 3 is 2.95 bits per heavy atom. The lowest BCUT2D eigenvalue weighted by atomic mass is 9.83. The summed E-state index contributed by atoms with van der Waals surface area (Å²) in [7, 11) is 0. The van der Waals surface area contributed by atoms with E-state index < -0.39 is 11.8 Å². The fourth-order valence-electron chi connectivity index (χ4n) is 2.16. The Hall–Kier alpha value is -2.54. The van der Waals surface area contributed by atoms with Gasteiger partial charge in [-0.3, -0.25) is 9.59 Å². The molecule has 1 aliphatic heterocycles. The number of fused-ring (bicyclic) bond motifs is 1. The van der Waals surface area contributed by atoms with Gasteiger partial charge in [0.15, 0.2) is 0 Å². The Labute approximate surface area is 124 Å². The first kappa shape index (κ1) is 13.4. The van der Waals surface area contributed by atoms with Crippen molar-refractivity contribution in [1.29, 1.82) is 0 Å². The summed E-state index contributed by atoms with van der Waals surface area (Å²) >= 11 is 1.52. The van der Waals surface area contributed by atoms with Crippen LogP contribution in [0.2, 0.25) is 0 Å². The maximum atomic E-state index is 12.1. The molecule has 0 bridgehead atoms. The van der Waals surface area contributed by atoms with Crippen LogP contribution >= 0.6 is 11.3 Å². The third-order valence-electron chi connectivity index (χ3n) is 3.17. The molecule has 7 heteroatoms. The van der Waals surface area contributed by atoms with Gasteiger partial charge < -0.3 is 0 Å². The molecule has 0 unspecified atom stereocenters. The highest BCUT2D eigenvalue weighted by Crippen LogP contribution is 2.24. The Balaban J connectivity index is 1.71. The molecule has 0 radical (unpaired) electrons. The van der Waals surface area contributed by atoms with Crippen LogP contribution in [-0.2, 0) is 9.59 Å². The molecule has 2 heterocycles. The number of amides is 2. The van der Waals surface area contributed by atoms with Gasteiger partial charge in [-0.25, -0.2) is 10.9 Å². The molecule has 21 heavy (non-hydrogen) atoms. The van der Waals surface area contributed by atoms with Crippen molar-refractivity contribution in [3.63, 3.8) is 0 Å². The number of thiophene rings is 1. The fraction of sp³-hybridized carbons (Fsp3) is 0.143. The lowest BCUT2D eigenvalue weighted by Crippen LogP contribution is -2.46. The van der Waals surface area contributed by atoms with Crippen LogP contribution in [-0.4, -0.2) is 23.7 Å². The monoisotopic (exact) mass is 300 g/mol. The minimum Gasteiger partial charge on any atom is -0.272 e. The number of hydrogen-bond acceptors (Lipinski definition) is 5. The first-order chi connectivity index (χ1) is 10.3. The average molecular weight is 300 g/mol. The van der Waals surface area contributed by atoms with Gasteiger partial charge in [-0.15, -0.1) is 11.3 Å². The van der Waals surface area contributed by atoms with Gasteiger partial charge in [-0.2, -0.15) is 10.2 Å². The summed E-state index contributed by atoms with van der Waals surface area (Å²) in [6.45, 7) is 0. The molecule has 2 amide bonds. The summed E-state index contributed by atoms with van der Waals surface area (Å²) in [5.74, 6) is -1.37. The maximum absolute atomic E-state index is 12.1. The minimum atomic E-state index is -0.419. The quantitative estimate of drug-likeness (QED) is 0.646. The average Bonchev–Trinajstić information content (AvgIpc) is 3.01. The lowest BCUT2D eigenvalue weighted by Gasteiger charge is -2.26. The molecule has 2 atom stereocenters. The van der Waals surface area contributed by atoms with E-state index in [0.29, 0.717) is 0 Å². The van der Waals surface area contributed by atoms with Gasteiger partial charge in [-0.05, 0) is 11.4 Å². The number of nitrogens with zero attached hydrogens (tertiary/aromatic N) is 2. The van der Waals surface area contributed by atoms with Crippen molar-refractivity contribution >= 4 is 35.1 Å². The number of hydrazone groups is 2. The highest BCUT2D eigenvalue weighted by Gasteiger charge is 2.36. The number of nitrogens with one attached hydrogen (secondary N) is 2. The topological polar surface area (TPSA) is 82.9 Å². The summed E-state index contributed by atoms with van der Waals surface area (Å²) in [5, 5.41) is 9.68. The number of hydrogen-bond donors (Lipinski definition) is 2. The molecule has 1 aliphatic carbocycles. The van der Waals surface area contributed by atoms with E-state index in [4.69, 9.17) is 0 Å². The van der Waals surface area contributed by atoms with Crippen molar-refractivity contribution in [3.05, 3.63) is 46.7 Å². The third kappa shape index (κ3) is 2.82. The predicted molar refractivity (Wildman–Crippen MR) is 80.9 cm³/mol. The molecule has 0 saturated heterocycles. The van der Waals surface area contributed by atoms with E-state index in [9.17, 15) is 9.59 Å². The van der Waals surface area contributed by atoms with Crippen LogP contribution < -0.4 is 10.9 Å². The summed E-state index contributed by atoms with van der Waals surface area (Å²) in [5.41, 5.74) is 5.06. The molecule has 2 aliphatic rings. The standard InChI is InChI=1S/C14H12N4O2S/c19-13-11-6-2-1-5-10(11)12(16-18-13)14(20)17-15-8-9-4-3-7-21-9/h1-8,10-11H,(H,17,20)(H,18,19)/b15-8+/t10-,11-/m0/s1. The molecule has 6 nitrogen and oxygen atoms in total. The number of carbonyl (C=O) groups excluding carboxylic acids is 2. The number of rotatable bonds is 3. The van der Waals surface area contributed by atoms with E-state index in [1.807, 2.05) is 17.5 Å². The second-order valence-electron chi connectivity index (χ2n) is 4.51. The molecule has 2 N–H and O–H groups in total. The Morgan fingerprint density at radius 2 is 2.19 bits per heavy atom. The summed E-state index contributed by atoms with van der Waals surface area (Å²) < 4.78 is 0. The van der Waals surface area contributed by atoms with Gasteiger partial charge in [-0.1, -0.05) is 30.4 Å². The van der Waals surface area contributed by atoms with E-state index in [1.54, 1.807) is 30.5 Å². The molecule has 3 rings (SSSR count). The molecule has 106 valence electrons. The van der Waals surface area contributed by atoms with Gasteiger partial charge in [0.05, 0.1) is 12.1 Å². The number of carbonyl (C=O) groups is 2. The zero-order valence-corrected chi connectivity index (χ0v) is 11.7. The largest absolute Gasteiger partial charge is 0.288 e. The molecule has 1 aromatic rings. The normalized spacial score (nSPS) is 23.6. The first-order valence-corrected chi connectivity index (χ1v) is 7.23. The fourth-order valence-corrected chi connectivity index (χ4v) is 2.75. The Kier molecular flexibility index (Phi) is 3.74. The summed E-state index contributed by atoms with van der Waals surface area (Å²) in [4.78, 5) is 24.8. The van der Waals surface area contributed by atoms with E-state index in [1.165, 1.54) is 11.3 Å². The second kappa shape index (κ2) is 5.84. The van der Waals surface area contributed by atoms with Gasteiger partial charge in [0.25, 0.3) is 5.91 Å². The molecule has 0 spiro atoms. The highest BCUT2D eigenvalue weighted by molar-refractivity contribution is 7.11. The Bertz CT molecular complexity index is 673. The summed E-state index contributed by atoms with van der Waals surface area (Å²) in [6, 6.07) is 3.79. The van der Waals surface area contributed by atoms with Crippen molar-refractivity contribution in [3.8, 4) is 0 Å². The van der Waals surface area contributed by atoms with E-state index in [-0.39, 0.29) is 17.5 Å². The molecule has 1 aromatic heterocycles. The Morgan fingerprint density at radius 1 is 1.38 bits per heavy atom. The molecular weight excluding hydrogens is 288 g/mol. The van der Waals surface area contributed by atoms with Gasteiger partial charge in [0.2, 0.25) is 5.91 Å². The van der Waals surface area contributed by atoms with Crippen molar-refractivity contribution in [1.82, 2.24) is 10.9 Å². The third-order valence-corrected chi connectivity index (χ3v) is 3.98. The lowest BCUT2D eigenvalue weighted by molar-refractivity contribution is -0.124. The highest BCUT2D eigenvalue weighted by atomic mass is 32.1. The molecule has 0 fully saturated rings. The van der Waals surface area contributed by atoms with Gasteiger partial charge >= 0.3 is 0 Å². The van der Waals surface area contributed by atoms with Crippen LogP contribution in [0, 0.1) is 11.8 Å². The predicted octanol–water partition coefficient (Wildman–Crippen LogP) is 1.04. The summed E-state index contributed by atoms with van der Waals surface area (Å²) in [6.07, 6.45) is 8.72. The smallest absolute Gasteiger partial charge is 0.272 e. The van der Waals surface area contributed by atoms with E-state index in [2.05, 4.69) is 21.1 Å². The molecule has 0 saturated carbocycles. The van der Waals surface area contributed by atoms with Crippen molar-refractivity contribution in [2.24, 2.45) is 22.0 Å². The van der Waals surface area contributed by atoms with Crippen LogP contribution in [0.5, 0.6) is 0 Å². The number of allylic oxidation sites excluding steroid dienone is 3. The minimum absolute atomic E-state index is 0.209. The van der Waals surface area contributed by atoms with Crippen LogP contribution in [0.4, 0.5) is 0 Å². The van der Waals surface area contributed by atoms with Gasteiger partial charge in [0.1, 0.15) is 5.71 Å².